The van der Waals surface area contributed by atoms with Gasteiger partial charge in [0.05, 0.1) is 18.5 Å². The van der Waals surface area contributed by atoms with Crippen LogP contribution >= 0.6 is 11.8 Å². The average molecular weight is 374 g/mol. The Morgan fingerprint density at radius 2 is 1.96 bits per heavy atom. The van der Waals surface area contributed by atoms with Crippen LogP contribution < -0.4 is 15.4 Å². The molecule has 2 amide bonds. The molecular weight excluding hydrogens is 352 g/mol. The number of fused-ring (bicyclic) bond motifs is 1. The van der Waals surface area contributed by atoms with Gasteiger partial charge in [0.1, 0.15) is 11.6 Å². The molecule has 8 heteroatoms. The minimum Gasteiger partial charge on any atom is -0.497 e. The topological polar surface area (TPSA) is 85.2 Å². The number of amides is 2. The van der Waals surface area contributed by atoms with Crippen LogP contribution in [0.15, 0.2) is 24.3 Å². The average Bonchev–Trinajstić information content (AvgIpc) is 3.22. The molecule has 1 aromatic carbocycles. The zero-order chi connectivity index (χ0) is 18.7. The lowest BCUT2D eigenvalue weighted by atomic mass is 10.2. The van der Waals surface area contributed by atoms with E-state index in [0.29, 0.717) is 12.4 Å². The molecule has 0 fully saturated rings. The first-order valence-corrected chi connectivity index (χ1v) is 9.57. The van der Waals surface area contributed by atoms with Gasteiger partial charge in [-0.1, -0.05) is 13.8 Å². The van der Waals surface area contributed by atoms with Gasteiger partial charge < -0.3 is 15.4 Å². The molecule has 2 N–H and O–H groups in total. The van der Waals surface area contributed by atoms with Gasteiger partial charge in [0.25, 0.3) is 0 Å². The molecule has 7 nitrogen and oxygen atoms in total. The van der Waals surface area contributed by atoms with E-state index in [4.69, 9.17) is 4.74 Å². The number of aromatic nitrogens is 2. The van der Waals surface area contributed by atoms with Crippen molar-refractivity contribution in [3.63, 3.8) is 0 Å². The van der Waals surface area contributed by atoms with Crippen molar-refractivity contribution in [2.75, 3.05) is 19.0 Å². The second-order valence-electron chi connectivity index (χ2n) is 6.43. The molecule has 0 radical (unpaired) electrons. The van der Waals surface area contributed by atoms with E-state index in [1.165, 1.54) is 0 Å². The highest BCUT2D eigenvalue weighted by molar-refractivity contribution is 7.98. The normalized spacial score (nSPS) is 12.8. The summed E-state index contributed by atoms with van der Waals surface area (Å²) in [6, 6.07) is 7.39. The van der Waals surface area contributed by atoms with Gasteiger partial charge in [0.2, 0.25) is 0 Å². The SMILES string of the molecule is COc1ccc(-n2nc3c(c2NC(=O)C(=O)NCC(C)C)CSC3)cc1. The minimum absolute atomic E-state index is 0.275. The third kappa shape index (κ3) is 3.85. The number of carbonyl (C=O) groups is 2. The molecule has 0 spiro atoms. The van der Waals surface area contributed by atoms with E-state index < -0.39 is 11.8 Å². The molecular formula is C18H22N4O3S. The van der Waals surface area contributed by atoms with Gasteiger partial charge >= 0.3 is 11.8 Å². The van der Waals surface area contributed by atoms with Gasteiger partial charge in [0.15, 0.2) is 0 Å². The van der Waals surface area contributed by atoms with Gasteiger partial charge in [-0.25, -0.2) is 4.68 Å². The van der Waals surface area contributed by atoms with Gasteiger partial charge in [-0.3, -0.25) is 9.59 Å². The van der Waals surface area contributed by atoms with Crippen LogP contribution in [0, 0.1) is 5.92 Å². The number of anilines is 1. The van der Waals surface area contributed by atoms with Crippen molar-refractivity contribution in [2.24, 2.45) is 5.92 Å². The molecule has 1 aliphatic rings. The van der Waals surface area contributed by atoms with Crippen LogP contribution in [0.2, 0.25) is 0 Å². The summed E-state index contributed by atoms with van der Waals surface area (Å²) >= 11 is 1.74. The monoisotopic (exact) mass is 374 g/mol. The summed E-state index contributed by atoms with van der Waals surface area (Å²) in [7, 11) is 1.61. The number of ether oxygens (including phenoxy) is 1. The fourth-order valence-electron chi connectivity index (χ4n) is 2.59. The Morgan fingerprint density at radius 1 is 1.23 bits per heavy atom. The standard InChI is InChI=1S/C18H22N4O3S/c1-11(2)8-19-17(23)18(24)20-16-14-9-26-10-15(14)21-22(16)12-4-6-13(25-3)7-5-12/h4-7,11H,8-10H2,1-3H3,(H,19,23)(H,20,24). The van der Waals surface area contributed by atoms with Crippen molar-refractivity contribution in [3.8, 4) is 11.4 Å². The minimum atomic E-state index is -0.681. The number of nitrogens with zero attached hydrogens (tertiary/aromatic N) is 2. The summed E-state index contributed by atoms with van der Waals surface area (Å²) in [6.45, 7) is 4.40. The fraction of sp³-hybridized carbons (Fsp3) is 0.389. The highest BCUT2D eigenvalue weighted by Gasteiger charge is 2.26. The molecule has 2 aromatic rings. The summed E-state index contributed by atoms with van der Waals surface area (Å²) in [5, 5.41) is 9.99. The van der Waals surface area contributed by atoms with E-state index in [1.54, 1.807) is 23.6 Å². The molecule has 1 aliphatic heterocycles. The quantitative estimate of drug-likeness (QED) is 0.785. The Kier molecular flexibility index (Phi) is 5.51. The molecule has 138 valence electrons. The maximum Gasteiger partial charge on any atom is 0.314 e. The van der Waals surface area contributed by atoms with E-state index in [2.05, 4.69) is 15.7 Å². The molecule has 0 aliphatic carbocycles. The number of rotatable bonds is 5. The largest absolute Gasteiger partial charge is 0.497 e. The van der Waals surface area contributed by atoms with E-state index >= 15 is 0 Å². The first kappa shape index (κ1) is 18.3. The van der Waals surface area contributed by atoms with Crippen LogP contribution in [0.4, 0.5) is 5.82 Å². The maximum absolute atomic E-state index is 12.3. The van der Waals surface area contributed by atoms with Crippen molar-refractivity contribution in [1.82, 2.24) is 15.1 Å². The second kappa shape index (κ2) is 7.82. The van der Waals surface area contributed by atoms with E-state index in [0.717, 1.165) is 34.2 Å². The number of nitrogens with one attached hydrogen (secondary N) is 2. The number of methoxy groups -OCH3 is 1. The zero-order valence-corrected chi connectivity index (χ0v) is 15.9. The Labute approximate surface area is 156 Å². The van der Waals surface area contributed by atoms with Gasteiger partial charge in [-0.05, 0) is 30.2 Å². The number of hydrogen-bond donors (Lipinski definition) is 2. The molecule has 26 heavy (non-hydrogen) atoms. The zero-order valence-electron chi connectivity index (χ0n) is 15.0. The summed E-state index contributed by atoms with van der Waals surface area (Å²) in [5.74, 6) is 1.80. The van der Waals surface area contributed by atoms with Crippen molar-refractivity contribution >= 4 is 29.4 Å². The molecule has 1 aromatic heterocycles. The van der Waals surface area contributed by atoms with Gasteiger partial charge in [0, 0.05) is 23.6 Å². The van der Waals surface area contributed by atoms with Crippen LogP contribution in [-0.2, 0) is 21.1 Å². The van der Waals surface area contributed by atoms with Gasteiger partial charge in [-0.2, -0.15) is 16.9 Å². The lowest BCUT2D eigenvalue weighted by molar-refractivity contribution is -0.136. The second-order valence-corrected chi connectivity index (χ2v) is 7.42. The van der Waals surface area contributed by atoms with Crippen molar-refractivity contribution in [1.29, 1.82) is 0 Å². The number of benzene rings is 1. The lowest BCUT2D eigenvalue weighted by Gasteiger charge is -2.12. The molecule has 0 atom stereocenters. The highest BCUT2D eigenvalue weighted by Crippen LogP contribution is 2.36. The maximum atomic E-state index is 12.3. The fourth-order valence-corrected chi connectivity index (χ4v) is 3.63. The number of thioether (sulfide) groups is 1. The first-order valence-electron chi connectivity index (χ1n) is 8.41. The van der Waals surface area contributed by atoms with Crippen LogP contribution in [0.3, 0.4) is 0 Å². The molecule has 0 bridgehead atoms. The first-order chi connectivity index (χ1) is 12.5. The van der Waals surface area contributed by atoms with Crippen LogP contribution in [0.25, 0.3) is 5.69 Å². The molecule has 3 rings (SSSR count). The molecule has 2 heterocycles. The summed E-state index contributed by atoms with van der Waals surface area (Å²) < 4.78 is 6.86. The van der Waals surface area contributed by atoms with Crippen LogP contribution in [-0.4, -0.2) is 35.2 Å². The summed E-state index contributed by atoms with van der Waals surface area (Å²) in [4.78, 5) is 24.3. The third-order valence-corrected chi connectivity index (χ3v) is 4.95. The number of hydrogen-bond acceptors (Lipinski definition) is 5. The Morgan fingerprint density at radius 3 is 2.62 bits per heavy atom. The van der Waals surface area contributed by atoms with E-state index in [-0.39, 0.29) is 5.92 Å². The van der Waals surface area contributed by atoms with Crippen molar-refractivity contribution in [3.05, 3.63) is 35.5 Å². The predicted molar refractivity (Wildman–Crippen MR) is 102 cm³/mol. The molecule has 0 saturated heterocycles. The van der Waals surface area contributed by atoms with Gasteiger partial charge in [-0.15, -0.1) is 0 Å². The van der Waals surface area contributed by atoms with E-state index in [9.17, 15) is 9.59 Å². The third-order valence-electron chi connectivity index (χ3n) is 3.98. The summed E-state index contributed by atoms with van der Waals surface area (Å²) in [5.41, 5.74) is 2.70. The van der Waals surface area contributed by atoms with Crippen LogP contribution in [0.5, 0.6) is 5.75 Å². The smallest absolute Gasteiger partial charge is 0.314 e. The lowest BCUT2D eigenvalue weighted by Crippen LogP contribution is -2.37. The van der Waals surface area contributed by atoms with E-state index in [1.807, 2.05) is 38.1 Å². The predicted octanol–water partition coefficient (Wildman–Crippen LogP) is 2.34. The Balaban J connectivity index is 1.86. The summed E-state index contributed by atoms with van der Waals surface area (Å²) in [6.07, 6.45) is 0. The van der Waals surface area contributed by atoms with Crippen LogP contribution in [0.1, 0.15) is 25.1 Å². The Bertz CT molecular complexity index is 815. The Hall–Kier alpha value is -2.48. The van der Waals surface area contributed by atoms with Crippen molar-refractivity contribution < 1.29 is 14.3 Å². The highest BCUT2D eigenvalue weighted by atomic mass is 32.2. The van der Waals surface area contributed by atoms with Crippen molar-refractivity contribution in [2.45, 2.75) is 25.4 Å². The number of carbonyl (C=O) groups excluding carboxylic acids is 2. The molecule has 0 saturated carbocycles. The molecule has 0 unspecified atom stereocenters.